The smallest absolute Gasteiger partial charge is 0.246 e. The van der Waals surface area contributed by atoms with Crippen LogP contribution >= 0.6 is 11.8 Å². The number of nitrogens with zero attached hydrogens (tertiary/aromatic N) is 2. The molecule has 0 aromatic heterocycles. The van der Waals surface area contributed by atoms with Gasteiger partial charge >= 0.3 is 0 Å². The second-order valence-electron chi connectivity index (χ2n) is 6.72. The van der Waals surface area contributed by atoms with Crippen molar-refractivity contribution in [2.75, 3.05) is 12.8 Å². The van der Waals surface area contributed by atoms with Crippen LogP contribution in [0.1, 0.15) is 29.0 Å². The van der Waals surface area contributed by atoms with Gasteiger partial charge in [-0.2, -0.15) is 0 Å². The first-order valence-electron chi connectivity index (χ1n) is 8.73. The van der Waals surface area contributed by atoms with E-state index in [9.17, 15) is 9.59 Å². The Kier molecular flexibility index (Phi) is 5.67. The number of likely N-dealkylation sites (N-methyl/N-ethyl adjacent to an activating group) is 1. The van der Waals surface area contributed by atoms with E-state index < -0.39 is 6.04 Å². The van der Waals surface area contributed by atoms with Crippen molar-refractivity contribution < 1.29 is 9.59 Å². The van der Waals surface area contributed by atoms with Gasteiger partial charge in [0.2, 0.25) is 11.8 Å². The number of hydrogen-bond donors (Lipinski definition) is 0. The molecule has 2 atom stereocenters. The normalized spacial score (nSPS) is 19.4. The molecule has 0 radical (unpaired) electrons. The lowest BCUT2D eigenvalue weighted by molar-refractivity contribution is -0.143. The summed E-state index contributed by atoms with van der Waals surface area (Å²) in [7, 11) is 1.80. The molecule has 1 aliphatic heterocycles. The molecule has 1 aliphatic rings. The highest BCUT2D eigenvalue weighted by molar-refractivity contribution is 7.99. The van der Waals surface area contributed by atoms with E-state index in [-0.39, 0.29) is 17.2 Å². The summed E-state index contributed by atoms with van der Waals surface area (Å²) in [6, 6.07) is 17.7. The van der Waals surface area contributed by atoms with Crippen LogP contribution < -0.4 is 0 Å². The summed E-state index contributed by atoms with van der Waals surface area (Å²) in [5.74, 6) is 0.550. The third-order valence-corrected chi connectivity index (χ3v) is 5.97. The number of rotatable bonds is 4. The van der Waals surface area contributed by atoms with Crippen molar-refractivity contribution in [2.24, 2.45) is 0 Å². The lowest BCUT2D eigenvalue weighted by Crippen LogP contribution is -2.47. The summed E-state index contributed by atoms with van der Waals surface area (Å²) in [6.45, 7) is 4.13. The lowest BCUT2D eigenvalue weighted by Gasteiger charge is -2.30. The van der Waals surface area contributed by atoms with E-state index in [1.54, 1.807) is 35.5 Å². The molecule has 1 heterocycles. The Morgan fingerprint density at radius 3 is 2.38 bits per heavy atom. The van der Waals surface area contributed by atoms with Gasteiger partial charge in [0.25, 0.3) is 0 Å². The molecule has 4 nitrogen and oxygen atoms in total. The summed E-state index contributed by atoms with van der Waals surface area (Å²) in [5.41, 5.74) is 3.33. The largest absolute Gasteiger partial charge is 0.340 e. The summed E-state index contributed by atoms with van der Waals surface area (Å²) < 4.78 is 0. The van der Waals surface area contributed by atoms with Crippen LogP contribution in [0.4, 0.5) is 0 Å². The van der Waals surface area contributed by atoms with Gasteiger partial charge < -0.3 is 9.80 Å². The van der Waals surface area contributed by atoms with Gasteiger partial charge in [0.1, 0.15) is 11.4 Å². The number of amides is 2. The van der Waals surface area contributed by atoms with Gasteiger partial charge in [-0.1, -0.05) is 60.2 Å². The van der Waals surface area contributed by atoms with Gasteiger partial charge in [0, 0.05) is 26.3 Å². The highest BCUT2D eigenvalue weighted by Crippen LogP contribution is 2.41. The molecule has 3 rings (SSSR count). The zero-order valence-corrected chi connectivity index (χ0v) is 16.2. The van der Waals surface area contributed by atoms with Crippen molar-refractivity contribution in [1.82, 2.24) is 9.80 Å². The molecule has 136 valence electrons. The second-order valence-corrected chi connectivity index (χ2v) is 7.83. The molecule has 1 fully saturated rings. The van der Waals surface area contributed by atoms with E-state index in [2.05, 4.69) is 0 Å². The van der Waals surface area contributed by atoms with E-state index in [4.69, 9.17) is 0 Å². The van der Waals surface area contributed by atoms with Crippen LogP contribution in [0.5, 0.6) is 0 Å². The minimum absolute atomic E-state index is 0.00818. The third-order valence-electron chi connectivity index (χ3n) is 4.65. The van der Waals surface area contributed by atoms with Gasteiger partial charge in [-0.3, -0.25) is 9.59 Å². The monoisotopic (exact) mass is 368 g/mol. The molecule has 0 aliphatic carbocycles. The van der Waals surface area contributed by atoms with Gasteiger partial charge in [-0.05, 0) is 18.1 Å². The minimum atomic E-state index is -0.419. The predicted octanol–water partition coefficient (Wildman–Crippen LogP) is 3.62. The highest BCUT2D eigenvalue weighted by atomic mass is 32.2. The first-order chi connectivity index (χ1) is 12.5. The Bertz CT molecular complexity index is 776. The van der Waals surface area contributed by atoms with Crippen molar-refractivity contribution in [3.05, 3.63) is 71.3 Å². The zero-order chi connectivity index (χ0) is 18.7. The summed E-state index contributed by atoms with van der Waals surface area (Å²) in [5, 5.41) is -0.104. The minimum Gasteiger partial charge on any atom is -0.340 e. The Morgan fingerprint density at radius 2 is 1.77 bits per heavy atom. The molecule has 26 heavy (non-hydrogen) atoms. The SMILES string of the molecule is CC(=O)N1C(C(=O)N(C)Cc2ccccc2)CSC1c1ccc(C)cc1. The topological polar surface area (TPSA) is 40.6 Å². The number of carbonyl (C=O) groups excluding carboxylic acids is 2. The molecular weight excluding hydrogens is 344 g/mol. The number of carbonyl (C=O) groups is 2. The number of thioether (sulfide) groups is 1. The van der Waals surface area contributed by atoms with Crippen molar-refractivity contribution in [1.29, 1.82) is 0 Å². The van der Waals surface area contributed by atoms with Gasteiger partial charge in [0.15, 0.2) is 0 Å². The molecule has 2 amide bonds. The molecule has 0 N–H and O–H groups in total. The van der Waals surface area contributed by atoms with E-state index in [1.165, 1.54) is 5.56 Å². The van der Waals surface area contributed by atoms with Crippen molar-refractivity contribution in [3.63, 3.8) is 0 Å². The fraction of sp³-hybridized carbons (Fsp3) is 0.333. The van der Waals surface area contributed by atoms with Crippen LogP contribution in [0.25, 0.3) is 0 Å². The average Bonchev–Trinajstić information content (AvgIpc) is 3.07. The average molecular weight is 369 g/mol. The molecular formula is C21H24N2O2S. The van der Waals surface area contributed by atoms with E-state index in [1.807, 2.05) is 61.5 Å². The molecule has 2 aromatic carbocycles. The summed E-state index contributed by atoms with van der Waals surface area (Å²) >= 11 is 1.66. The zero-order valence-electron chi connectivity index (χ0n) is 15.4. The van der Waals surface area contributed by atoms with Crippen molar-refractivity contribution in [3.8, 4) is 0 Å². The molecule has 5 heteroatoms. The van der Waals surface area contributed by atoms with Gasteiger partial charge in [-0.25, -0.2) is 0 Å². The van der Waals surface area contributed by atoms with Crippen LogP contribution in [-0.4, -0.2) is 40.5 Å². The molecule has 0 spiro atoms. The maximum atomic E-state index is 13.0. The second kappa shape index (κ2) is 7.96. The van der Waals surface area contributed by atoms with E-state index in [0.717, 1.165) is 11.1 Å². The van der Waals surface area contributed by atoms with Gasteiger partial charge in [-0.15, -0.1) is 11.8 Å². The van der Waals surface area contributed by atoms with Crippen molar-refractivity contribution >= 4 is 23.6 Å². The summed E-state index contributed by atoms with van der Waals surface area (Å²) in [6.07, 6.45) is 0. The van der Waals surface area contributed by atoms with E-state index >= 15 is 0 Å². The number of hydrogen-bond acceptors (Lipinski definition) is 3. The Labute approximate surface area is 159 Å². The molecule has 2 unspecified atom stereocenters. The predicted molar refractivity (Wildman–Crippen MR) is 106 cm³/mol. The number of aryl methyl sites for hydroxylation is 1. The number of benzene rings is 2. The molecule has 1 saturated heterocycles. The quantitative estimate of drug-likeness (QED) is 0.828. The first kappa shape index (κ1) is 18.5. The molecule has 2 aromatic rings. The van der Waals surface area contributed by atoms with Crippen LogP contribution in [0.15, 0.2) is 54.6 Å². The molecule has 0 saturated carbocycles. The van der Waals surface area contributed by atoms with Crippen LogP contribution in [0.3, 0.4) is 0 Å². The lowest BCUT2D eigenvalue weighted by atomic mass is 10.1. The Balaban J connectivity index is 1.77. The maximum Gasteiger partial charge on any atom is 0.246 e. The fourth-order valence-electron chi connectivity index (χ4n) is 3.26. The van der Waals surface area contributed by atoms with Crippen LogP contribution in [-0.2, 0) is 16.1 Å². The fourth-order valence-corrected chi connectivity index (χ4v) is 4.73. The van der Waals surface area contributed by atoms with Crippen LogP contribution in [0, 0.1) is 6.92 Å². The highest BCUT2D eigenvalue weighted by Gasteiger charge is 2.41. The standard InChI is InChI=1S/C21H24N2O2S/c1-15-9-11-18(12-10-15)21-23(16(2)24)19(14-26-21)20(25)22(3)13-17-7-5-4-6-8-17/h4-12,19,21H,13-14H2,1-3H3. The molecule has 0 bridgehead atoms. The maximum absolute atomic E-state index is 13.0. The summed E-state index contributed by atoms with van der Waals surface area (Å²) in [4.78, 5) is 28.8. The Hall–Kier alpha value is -2.27. The van der Waals surface area contributed by atoms with E-state index in [0.29, 0.717) is 12.3 Å². The van der Waals surface area contributed by atoms with Gasteiger partial charge in [0.05, 0.1) is 0 Å². The van der Waals surface area contributed by atoms with Crippen molar-refractivity contribution in [2.45, 2.75) is 31.8 Å². The first-order valence-corrected chi connectivity index (χ1v) is 9.78. The van der Waals surface area contributed by atoms with Crippen LogP contribution in [0.2, 0.25) is 0 Å². The Morgan fingerprint density at radius 1 is 1.12 bits per heavy atom. The third kappa shape index (κ3) is 3.93.